The van der Waals surface area contributed by atoms with E-state index >= 15 is 0 Å². The van der Waals surface area contributed by atoms with E-state index in [0.717, 1.165) is 0 Å². The number of carboxylic acids is 1. The molecule has 0 aromatic rings. The fourth-order valence-electron chi connectivity index (χ4n) is 1.94. The Hall–Kier alpha value is -1.36. The summed E-state index contributed by atoms with van der Waals surface area (Å²) in [6, 6.07) is 0. The zero-order valence-corrected chi connectivity index (χ0v) is 6.71. The van der Waals surface area contributed by atoms with E-state index in [0.29, 0.717) is 0 Å². The van der Waals surface area contributed by atoms with Crippen molar-refractivity contribution in [1.29, 1.82) is 0 Å². The summed E-state index contributed by atoms with van der Waals surface area (Å²) in [4.78, 5) is 21.7. The Bertz CT molecular complexity index is 271. The van der Waals surface area contributed by atoms with Crippen molar-refractivity contribution in [2.45, 2.75) is 12.2 Å². The maximum atomic E-state index is 11.0. The van der Waals surface area contributed by atoms with Crippen LogP contribution in [-0.4, -0.2) is 29.2 Å². The number of hydrogen-bond donors (Lipinski definition) is 2. The van der Waals surface area contributed by atoms with Crippen molar-refractivity contribution in [3.05, 3.63) is 12.2 Å². The van der Waals surface area contributed by atoms with Gasteiger partial charge in [-0.15, -0.1) is 0 Å². The third-order valence-electron chi connectivity index (χ3n) is 2.51. The molecule has 2 bridgehead atoms. The van der Waals surface area contributed by atoms with Crippen LogP contribution in [0.3, 0.4) is 0 Å². The van der Waals surface area contributed by atoms with Crippen molar-refractivity contribution in [1.82, 2.24) is 0 Å². The topological polar surface area (TPSA) is 89.6 Å². The molecule has 0 saturated carbocycles. The van der Waals surface area contributed by atoms with Crippen LogP contribution in [0.2, 0.25) is 0 Å². The molecule has 5 heteroatoms. The minimum atomic E-state index is -1.03. The van der Waals surface area contributed by atoms with Crippen molar-refractivity contribution in [2.24, 2.45) is 17.6 Å². The highest BCUT2D eigenvalue weighted by molar-refractivity contribution is 5.86. The fourth-order valence-corrected chi connectivity index (χ4v) is 1.94. The molecule has 4 atom stereocenters. The predicted octanol–water partition coefficient (Wildman–Crippen LogP) is -0.874. The van der Waals surface area contributed by atoms with Crippen LogP contribution < -0.4 is 5.73 Å². The normalized spacial score (nSPS) is 40.9. The molecule has 0 radical (unpaired) electrons. The van der Waals surface area contributed by atoms with E-state index in [2.05, 4.69) is 0 Å². The molecule has 0 aliphatic carbocycles. The minimum absolute atomic E-state index is 0.441. The Balaban J connectivity index is 2.30. The van der Waals surface area contributed by atoms with Crippen molar-refractivity contribution in [2.75, 3.05) is 0 Å². The molecule has 13 heavy (non-hydrogen) atoms. The third kappa shape index (κ3) is 1.04. The lowest BCUT2D eigenvalue weighted by Gasteiger charge is -2.17. The molecule has 2 rings (SSSR count). The number of nitrogens with two attached hydrogens (primary N) is 1. The zero-order valence-electron chi connectivity index (χ0n) is 6.71. The maximum absolute atomic E-state index is 11.0. The summed E-state index contributed by atoms with van der Waals surface area (Å²) in [5.41, 5.74) is 5.10. The van der Waals surface area contributed by atoms with Gasteiger partial charge in [0.05, 0.1) is 18.1 Å². The number of hydrogen-bond acceptors (Lipinski definition) is 3. The summed E-state index contributed by atoms with van der Waals surface area (Å²) in [6.07, 6.45) is 2.44. The highest BCUT2D eigenvalue weighted by Gasteiger charge is 2.52. The first-order chi connectivity index (χ1) is 6.11. The van der Waals surface area contributed by atoms with Gasteiger partial charge in [0.15, 0.2) is 0 Å². The van der Waals surface area contributed by atoms with Crippen LogP contribution in [0.1, 0.15) is 0 Å². The van der Waals surface area contributed by atoms with Gasteiger partial charge in [-0.25, -0.2) is 0 Å². The van der Waals surface area contributed by atoms with E-state index in [9.17, 15) is 9.59 Å². The number of amides is 1. The fraction of sp³-hybridized carbons (Fsp3) is 0.500. The third-order valence-corrected chi connectivity index (χ3v) is 2.51. The number of carbonyl (C=O) groups is 2. The number of carboxylic acid groups (broad SMARTS) is 1. The van der Waals surface area contributed by atoms with Crippen LogP contribution in [0.4, 0.5) is 0 Å². The van der Waals surface area contributed by atoms with Gasteiger partial charge in [-0.05, 0) is 0 Å². The lowest BCUT2D eigenvalue weighted by Crippen LogP contribution is -2.39. The Kier molecular flexibility index (Phi) is 1.63. The Labute approximate surface area is 74.2 Å². The Morgan fingerprint density at radius 3 is 2.15 bits per heavy atom. The standard InChI is InChI=1S/C8H9NO4/c9-7(10)5-3-1-2-4(13-3)6(5)8(11)12/h1-6H,(H2,9,10)(H,11,12). The molecule has 2 aliphatic heterocycles. The van der Waals surface area contributed by atoms with Crippen LogP contribution in [0, 0.1) is 11.8 Å². The van der Waals surface area contributed by atoms with E-state index in [1.54, 1.807) is 12.2 Å². The van der Waals surface area contributed by atoms with E-state index in [1.807, 2.05) is 0 Å². The van der Waals surface area contributed by atoms with E-state index in [-0.39, 0.29) is 0 Å². The largest absolute Gasteiger partial charge is 0.481 e. The number of fused-ring (bicyclic) bond motifs is 2. The first-order valence-corrected chi connectivity index (χ1v) is 3.97. The SMILES string of the molecule is NC(=O)C1C2C=CC(O2)C1C(=O)O. The summed E-state index contributed by atoms with van der Waals surface area (Å²) in [5, 5.41) is 8.83. The Morgan fingerprint density at radius 2 is 1.77 bits per heavy atom. The molecular formula is C8H9NO4. The van der Waals surface area contributed by atoms with Gasteiger partial charge in [-0.2, -0.15) is 0 Å². The van der Waals surface area contributed by atoms with E-state index < -0.39 is 35.9 Å². The van der Waals surface area contributed by atoms with Crippen LogP contribution in [0.25, 0.3) is 0 Å². The van der Waals surface area contributed by atoms with Crippen molar-refractivity contribution in [3.8, 4) is 0 Å². The van der Waals surface area contributed by atoms with Crippen LogP contribution in [0.15, 0.2) is 12.2 Å². The second-order valence-corrected chi connectivity index (χ2v) is 3.24. The van der Waals surface area contributed by atoms with Crippen molar-refractivity contribution in [3.63, 3.8) is 0 Å². The van der Waals surface area contributed by atoms with Gasteiger partial charge >= 0.3 is 5.97 Å². The molecule has 0 aromatic heterocycles. The summed E-state index contributed by atoms with van der Waals surface area (Å²) < 4.78 is 5.23. The number of rotatable bonds is 2. The maximum Gasteiger partial charge on any atom is 0.310 e. The van der Waals surface area contributed by atoms with Crippen LogP contribution >= 0.6 is 0 Å². The molecule has 0 aromatic carbocycles. The summed E-state index contributed by atoms with van der Waals surface area (Å²) in [7, 11) is 0. The lowest BCUT2D eigenvalue weighted by atomic mass is 9.83. The molecule has 4 unspecified atom stereocenters. The van der Waals surface area contributed by atoms with Gasteiger partial charge in [-0.1, -0.05) is 12.2 Å². The molecule has 1 fully saturated rings. The molecule has 70 valence electrons. The van der Waals surface area contributed by atoms with Gasteiger partial charge in [0.25, 0.3) is 0 Å². The van der Waals surface area contributed by atoms with Crippen molar-refractivity contribution >= 4 is 11.9 Å². The molecule has 3 N–H and O–H groups in total. The smallest absolute Gasteiger partial charge is 0.310 e. The average molecular weight is 183 g/mol. The summed E-state index contributed by atoms with van der Waals surface area (Å²) in [6.45, 7) is 0. The van der Waals surface area contributed by atoms with Gasteiger partial charge in [0.2, 0.25) is 5.91 Å². The van der Waals surface area contributed by atoms with Gasteiger partial charge < -0.3 is 15.6 Å². The lowest BCUT2D eigenvalue weighted by molar-refractivity contribution is -0.146. The highest BCUT2D eigenvalue weighted by Crippen LogP contribution is 2.38. The van der Waals surface area contributed by atoms with Crippen LogP contribution in [-0.2, 0) is 14.3 Å². The van der Waals surface area contributed by atoms with Crippen LogP contribution in [0.5, 0.6) is 0 Å². The average Bonchev–Trinajstić information content (AvgIpc) is 2.60. The summed E-state index contributed by atoms with van der Waals surface area (Å²) >= 11 is 0. The summed E-state index contributed by atoms with van der Waals surface area (Å²) in [5.74, 6) is -3.16. The first kappa shape index (κ1) is 8.25. The number of ether oxygens (including phenoxy) is 1. The predicted molar refractivity (Wildman–Crippen MR) is 41.6 cm³/mol. The number of carbonyl (C=O) groups excluding carboxylic acids is 1. The molecular weight excluding hydrogens is 174 g/mol. The number of primary amides is 1. The molecule has 0 spiro atoms. The van der Waals surface area contributed by atoms with E-state index in [4.69, 9.17) is 15.6 Å². The molecule has 2 aliphatic rings. The zero-order chi connectivity index (χ0) is 9.59. The quantitative estimate of drug-likeness (QED) is 0.544. The van der Waals surface area contributed by atoms with Gasteiger partial charge in [0.1, 0.15) is 5.92 Å². The highest BCUT2D eigenvalue weighted by atomic mass is 16.5. The molecule has 1 amide bonds. The van der Waals surface area contributed by atoms with Gasteiger partial charge in [-0.3, -0.25) is 9.59 Å². The second-order valence-electron chi connectivity index (χ2n) is 3.24. The second kappa shape index (κ2) is 2.56. The molecule has 1 saturated heterocycles. The Morgan fingerprint density at radius 1 is 1.23 bits per heavy atom. The molecule has 5 nitrogen and oxygen atoms in total. The first-order valence-electron chi connectivity index (χ1n) is 3.97. The van der Waals surface area contributed by atoms with E-state index in [1.165, 1.54) is 0 Å². The minimum Gasteiger partial charge on any atom is -0.481 e. The van der Waals surface area contributed by atoms with Gasteiger partial charge in [0, 0.05) is 0 Å². The number of aliphatic carboxylic acids is 1. The monoisotopic (exact) mass is 183 g/mol. The van der Waals surface area contributed by atoms with Crippen molar-refractivity contribution < 1.29 is 19.4 Å². The molecule has 2 heterocycles.